The second-order valence-corrected chi connectivity index (χ2v) is 11.2. The van der Waals surface area contributed by atoms with Gasteiger partial charge in [0.05, 0.1) is 45.5 Å². The molecule has 0 spiro atoms. The summed E-state index contributed by atoms with van der Waals surface area (Å²) in [4.78, 5) is 46.2. The van der Waals surface area contributed by atoms with E-state index >= 15 is 0 Å². The SMILES string of the molecule is O=C1c2ccccc2C(=O)N1OCCn1/c(=N/c2nc3ccc(Cl)cc3s2)c(/C=C/c2ccccc2)nc2ccccc21. The zero-order valence-electron chi connectivity index (χ0n) is 22.6. The Bertz CT molecular complexity index is 2100. The van der Waals surface area contributed by atoms with Crippen molar-refractivity contribution in [2.24, 2.45) is 4.99 Å². The Morgan fingerprint density at radius 1 is 0.814 bits per heavy atom. The van der Waals surface area contributed by atoms with E-state index in [-0.39, 0.29) is 13.2 Å². The number of amides is 2. The number of hydroxylamine groups is 2. The van der Waals surface area contributed by atoms with Gasteiger partial charge in [0.2, 0.25) is 5.13 Å². The normalized spacial score (nSPS) is 13.6. The van der Waals surface area contributed by atoms with Gasteiger partial charge in [0.1, 0.15) is 5.69 Å². The second kappa shape index (κ2) is 11.4. The molecule has 0 N–H and O–H groups in total. The number of para-hydroxylation sites is 2. The van der Waals surface area contributed by atoms with E-state index in [2.05, 4.69) is 0 Å². The molecule has 1 aliphatic heterocycles. The molecule has 4 aromatic carbocycles. The van der Waals surface area contributed by atoms with Crippen molar-refractivity contribution in [3.8, 4) is 0 Å². The van der Waals surface area contributed by atoms with E-state index in [0.29, 0.717) is 32.5 Å². The molecule has 7 rings (SSSR count). The number of carbonyl (C=O) groups excluding carboxylic acids is 2. The van der Waals surface area contributed by atoms with E-state index < -0.39 is 11.8 Å². The number of nitrogens with zero attached hydrogens (tertiary/aromatic N) is 5. The van der Waals surface area contributed by atoms with Crippen LogP contribution in [0, 0.1) is 0 Å². The number of carbonyl (C=O) groups is 2. The number of imide groups is 1. The average molecular weight is 604 g/mol. The van der Waals surface area contributed by atoms with Gasteiger partial charge < -0.3 is 4.57 Å². The molecule has 2 aromatic heterocycles. The van der Waals surface area contributed by atoms with Gasteiger partial charge in [-0.25, -0.2) is 9.97 Å². The highest BCUT2D eigenvalue weighted by atomic mass is 35.5. The maximum Gasteiger partial charge on any atom is 0.285 e. The van der Waals surface area contributed by atoms with Crippen LogP contribution in [-0.4, -0.2) is 38.0 Å². The maximum atomic E-state index is 12.9. The van der Waals surface area contributed by atoms with Crippen LogP contribution in [0.1, 0.15) is 32.0 Å². The molecule has 210 valence electrons. The summed E-state index contributed by atoms with van der Waals surface area (Å²) in [5.41, 5.74) is 5.22. The lowest BCUT2D eigenvalue weighted by molar-refractivity contribution is -0.0935. The molecule has 0 atom stereocenters. The number of fused-ring (bicyclic) bond motifs is 3. The summed E-state index contributed by atoms with van der Waals surface area (Å²) in [6.07, 6.45) is 3.90. The molecule has 8 nitrogen and oxygen atoms in total. The number of rotatable bonds is 7. The highest BCUT2D eigenvalue weighted by Gasteiger charge is 2.36. The second-order valence-electron chi connectivity index (χ2n) is 9.71. The molecule has 0 bridgehead atoms. The molecule has 3 heterocycles. The van der Waals surface area contributed by atoms with E-state index in [1.54, 1.807) is 30.3 Å². The number of hydrogen-bond acceptors (Lipinski definition) is 7. The molecule has 0 radical (unpaired) electrons. The van der Waals surface area contributed by atoms with E-state index in [0.717, 1.165) is 31.9 Å². The van der Waals surface area contributed by atoms with E-state index in [1.165, 1.54) is 11.3 Å². The van der Waals surface area contributed by atoms with Gasteiger partial charge in [0.25, 0.3) is 11.8 Å². The summed E-state index contributed by atoms with van der Waals surface area (Å²) in [5, 5.41) is 2.00. The molecule has 0 aliphatic carbocycles. The Kier molecular flexibility index (Phi) is 7.12. The smallest absolute Gasteiger partial charge is 0.285 e. The monoisotopic (exact) mass is 603 g/mol. The number of aromatic nitrogens is 3. The van der Waals surface area contributed by atoms with Crippen molar-refractivity contribution >= 4 is 73.3 Å². The minimum absolute atomic E-state index is 0.0317. The van der Waals surface area contributed by atoms with Gasteiger partial charge in [-0.05, 0) is 54.1 Å². The molecule has 1 aliphatic rings. The Morgan fingerprint density at radius 3 is 2.33 bits per heavy atom. The maximum absolute atomic E-state index is 12.9. The zero-order chi connectivity index (χ0) is 29.3. The third-order valence-corrected chi connectivity index (χ3v) is 8.11. The molecule has 10 heteroatoms. The van der Waals surface area contributed by atoms with E-state index in [1.807, 2.05) is 83.4 Å². The molecule has 43 heavy (non-hydrogen) atoms. The fourth-order valence-electron chi connectivity index (χ4n) is 4.95. The van der Waals surface area contributed by atoms with Crippen molar-refractivity contribution in [3.63, 3.8) is 0 Å². The Hall–Kier alpha value is -4.96. The number of hydrogen-bond donors (Lipinski definition) is 0. The largest absolute Gasteiger partial charge is 0.320 e. The first-order chi connectivity index (χ1) is 21.0. The summed E-state index contributed by atoms with van der Waals surface area (Å²) in [7, 11) is 0. The first kappa shape index (κ1) is 26.9. The van der Waals surface area contributed by atoms with Crippen LogP contribution in [0.4, 0.5) is 5.13 Å². The predicted octanol–water partition coefficient (Wildman–Crippen LogP) is 6.93. The van der Waals surface area contributed by atoms with Crippen LogP contribution in [0.5, 0.6) is 0 Å². The summed E-state index contributed by atoms with van der Waals surface area (Å²) >= 11 is 7.65. The van der Waals surface area contributed by atoms with E-state index in [9.17, 15) is 9.59 Å². The highest BCUT2D eigenvalue weighted by molar-refractivity contribution is 7.22. The van der Waals surface area contributed by atoms with Crippen molar-refractivity contribution in [1.29, 1.82) is 0 Å². The molecule has 2 amide bonds. The quantitative estimate of drug-likeness (QED) is 0.185. The Morgan fingerprint density at radius 2 is 1.53 bits per heavy atom. The summed E-state index contributed by atoms with van der Waals surface area (Å²) < 4.78 is 2.89. The van der Waals surface area contributed by atoms with Crippen LogP contribution in [0.15, 0.2) is 102 Å². The fraction of sp³-hybridized carbons (Fsp3) is 0.0606. The highest BCUT2D eigenvalue weighted by Crippen LogP contribution is 2.30. The zero-order valence-corrected chi connectivity index (χ0v) is 24.1. The van der Waals surface area contributed by atoms with Gasteiger partial charge in [-0.3, -0.25) is 14.4 Å². The minimum Gasteiger partial charge on any atom is -0.320 e. The molecular formula is C33H22ClN5O3S. The van der Waals surface area contributed by atoms with Gasteiger partial charge in [-0.2, -0.15) is 4.99 Å². The van der Waals surface area contributed by atoms with Crippen LogP contribution in [0.25, 0.3) is 33.4 Å². The van der Waals surface area contributed by atoms with Gasteiger partial charge in [0, 0.05) is 5.02 Å². The van der Waals surface area contributed by atoms with Crippen molar-refractivity contribution < 1.29 is 14.4 Å². The van der Waals surface area contributed by atoms with Crippen LogP contribution in [0.3, 0.4) is 0 Å². The lowest BCUT2D eigenvalue weighted by Crippen LogP contribution is -2.33. The molecule has 0 unspecified atom stereocenters. The molecule has 6 aromatic rings. The first-order valence-electron chi connectivity index (χ1n) is 13.5. The van der Waals surface area contributed by atoms with Crippen molar-refractivity contribution in [3.05, 3.63) is 130 Å². The third kappa shape index (κ3) is 5.25. The summed E-state index contributed by atoms with van der Waals surface area (Å²) in [5.74, 6) is -0.954. The summed E-state index contributed by atoms with van der Waals surface area (Å²) in [6.45, 7) is 0.308. The molecule has 0 saturated heterocycles. The fourth-order valence-corrected chi connectivity index (χ4v) is 6.06. The van der Waals surface area contributed by atoms with Crippen molar-refractivity contribution in [2.45, 2.75) is 6.54 Å². The van der Waals surface area contributed by atoms with Crippen LogP contribution < -0.4 is 5.49 Å². The standard InChI is InChI=1S/C33H22ClN5O3S/c34-22-15-17-26-29(20-22)43-33(36-26)37-30-27(16-14-21-8-2-1-3-9-21)35-25-12-6-7-13-28(25)38(30)18-19-42-39-31(40)23-10-4-5-11-24(23)32(39)41/h1-17,20H,18-19H2/b16-14+,37-30+. The van der Waals surface area contributed by atoms with Gasteiger partial charge in [-0.15, -0.1) is 5.06 Å². The molecule has 0 saturated carbocycles. The third-order valence-electron chi connectivity index (χ3n) is 6.96. The number of benzene rings is 4. The Labute approximate surface area is 254 Å². The molecule has 0 fully saturated rings. The van der Waals surface area contributed by atoms with Crippen LogP contribution in [0.2, 0.25) is 5.02 Å². The lowest BCUT2D eigenvalue weighted by atomic mass is 10.1. The average Bonchev–Trinajstić information content (AvgIpc) is 3.54. The Balaban J connectivity index is 1.32. The van der Waals surface area contributed by atoms with Crippen molar-refractivity contribution in [2.75, 3.05) is 6.61 Å². The minimum atomic E-state index is -0.477. The summed E-state index contributed by atoms with van der Waals surface area (Å²) in [6, 6.07) is 29.9. The predicted molar refractivity (Wildman–Crippen MR) is 168 cm³/mol. The molecular weight excluding hydrogens is 582 g/mol. The topological polar surface area (TPSA) is 89.7 Å². The number of thiazole rings is 1. The number of halogens is 1. The lowest BCUT2D eigenvalue weighted by Gasteiger charge is -2.16. The van der Waals surface area contributed by atoms with E-state index in [4.69, 9.17) is 31.4 Å². The van der Waals surface area contributed by atoms with Gasteiger partial charge >= 0.3 is 0 Å². The van der Waals surface area contributed by atoms with Gasteiger partial charge in [-0.1, -0.05) is 83.6 Å². The first-order valence-corrected chi connectivity index (χ1v) is 14.7. The van der Waals surface area contributed by atoms with Crippen LogP contribution in [-0.2, 0) is 11.4 Å². The van der Waals surface area contributed by atoms with Crippen LogP contribution >= 0.6 is 22.9 Å². The van der Waals surface area contributed by atoms with Crippen molar-refractivity contribution in [1.82, 2.24) is 19.6 Å². The van der Waals surface area contributed by atoms with Gasteiger partial charge in [0.15, 0.2) is 5.49 Å².